The van der Waals surface area contributed by atoms with E-state index >= 15 is 0 Å². The summed E-state index contributed by atoms with van der Waals surface area (Å²) in [5.41, 5.74) is 0.904. The predicted molar refractivity (Wildman–Crippen MR) is 61.1 cm³/mol. The highest BCUT2D eigenvalue weighted by molar-refractivity contribution is 5.76. The Morgan fingerprint density at radius 1 is 1.44 bits per heavy atom. The van der Waals surface area contributed by atoms with Crippen molar-refractivity contribution in [1.29, 1.82) is 0 Å². The minimum atomic E-state index is 0.216. The van der Waals surface area contributed by atoms with Gasteiger partial charge in [-0.3, -0.25) is 4.79 Å². The van der Waals surface area contributed by atoms with Crippen LogP contribution in [0.3, 0.4) is 0 Å². The van der Waals surface area contributed by atoms with E-state index in [1.807, 2.05) is 26.1 Å². The van der Waals surface area contributed by atoms with Gasteiger partial charge in [0.05, 0.1) is 5.69 Å². The minimum absolute atomic E-state index is 0.216. The van der Waals surface area contributed by atoms with Crippen LogP contribution in [0.4, 0.5) is 5.82 Å². The van der Waals surface area contributed by atoms with Crippen molar-refractivity contribution in [3.05, 3.63) is 17.8 Å². The maximum atomic E-state index is 11.3. The summed E-state index contributed by atoms with van der Waals surface area (Å²) >= 11 is 0. The number of hydrogen-bond acceptors (Lipinski definition) is 4. The van der Waals surface area contributed by atoms with Gasteiger partial charge in [0, 0.05) is 26.1 Å². The Balaban J connectivity index is 1.95. The van der Waals surface area contributed by atoms with Gasteiger partial charge in [-0.25, -0.2) is 0 Å². The van der Waals surface area contributed by atoms with Crippen LogP contribution in [0.15, 0.2) is 12.1 Å². The second kappa shape index (κ2) is 4.47. The Kier molecular flexibility index (Phi) is 3.03. The quantitative estimate of drug-likeness (QED) is 0.801. The van der Waals surface area contributed by atoms with Gasteiger partial charge in [-0.2, -0.15) is 5.10 Å². The lowest BCUT2D eigenvalue weighted by Crippen LogP contribution is -2.43. The second-order valence-electron chi connectivity index (χ2n) is 4.21. The van der Waals surface area contributed by atoms with Crippen LogP contribution in [0.25, 0.3) is 0 Å². The number of rotatable bonds is 2. The lowest BCUT2D eigenvalue weighted by molar-refractivity contribution is -0.132. The van der Waals surface area contributed by atoms with Crippen molar-refractivity contribution in [2.45, 2.75) is 25.8 Å². The zero-order valence-corrected chi connectivity index (χ0v) is 9.60. The average molecular weight is 220 g/mol. The number of piperidine rings is 1. The van der Waals surface area contributed by atoms with Crippen molar-refractivity contribution in [2.24, 2.45) is 0 Å². The lowest BCUT2D eigenvalue weighted by Gasteiger charge is -2.30. The first-order valence-corrected chi connectivity index (χ1v) is 5.46. The van der Waals surface area contributed by atoms with Gasteiger partial charge in [0.2, 0.25) is 5.91 Å². The van der Waals surface area contributed by atoms with Gasteiger partial charge in [0.1, 0.15) is 5.82 Å². The van der Waals surface area contributed by atoms with E-state index in [-0.39, 0.29) is 11.9 Å². The van der Waals surface area contributed by atoms with E-state index in [2.05, 4.69) is 15.5 Å². The maximum absolute atomic E-state index is 11.3. The summed E-state index contributed by atoms with van der Waals surface area (Å²) in [6, 6.07) is 4.12. The first-order valence-electron chi connectivity index (χ1n) is 5.46. The summed E-state index contributed by atoms with van der Waals surface area (Å²) < 4.78 is 0. The molecular formula is C11H16N4O. The number of anilines is 1. The molecule has 1 aliphatic heterocycles. The second-order valence-corrected chi connectivity index (χ2v) is 4.21. The number of hydrogen-bond donors (Lipinski definition) is 1. The number of likely N-dealkylation sites (tertiary alicyclic amines) is 1. The average Bonchev–Trinajstić information content (AvgIpc) is 2.27. The van der Waals surface area contributed by atoms with Gasteiger partial charge in [-0.05, 0) is 25.5 Å². The summed E-state index contributed by atoms with van der Waals surface area (Å²) in [5.74, 6) is 0.992. The van der Waals surface area contributed by atoms with Crippen molar-refractivity contribution in [3.8, 4) is 0 Å². The number of amides is 1. The molecule has 1 fully saturated rings. The Hall–Kier alpha value is -1.65. The molecule has 0 spiro atoms. The third kappa shape index (κ3) is 2.48. The van der Waals surface area contributed by atoms with E-state index in [1.165, 1.54) is 0 Å². The van der Waals surface area contributed by atoms with E-state index in [0.717, 1.165) is 24.5 Å². The number of aryl methyl sites for hydroxylation is 1. The zero-order valence-electron chi connectivity index (χ0n) is 9.60. The van der Waals surface area contributed by atoms with Crippen LogP contribution in [0.5, 0.6) is 0 Å². The normalized spacial score (nSPS) is 21.0. The molecule has 0 bridgehead atoms. The fraction of sp³-hybridized carbons (Fsp3) is 0.545. The first kappa shape index (κ1) is 10.9. The van der Waals surface area contributed by atoms with Crippen LogP contribution >= 0.6 is 0 Å². The van der Waals surface area contributed by atoms with E-state index in [1.54, 1.807) is 4.90 Å². The zero-order chi connectivity index (χ0) is 11.5. The van der Waals surface area contributed by atoms with E-state index < -0.39 is 0 Å². The highest BCUT2D eigenvalue weighted by atomic mass is 16.2. The smallest absolute Gasteiger partial charge is 0.222 e. The fourth-order valence-electron chi connectivity index (χ4n) is 1.82. The van der Waals surface area contributed by atoms with Crippen LogP contribution in [-0.4, -0.2) is 40.6 Å². The van der Waals surface area contributed by atoms with Gasteiger partial charge >= 0.3 is 0 Å². The molecule has 1 saturated heterocycles. The van der Waals surface area contributed by atoms with E-state index in [0.29, 0.717) is 6.42 Å². The SMILES string of the molecule is Cc1ccc(NC2CCC(=O)N(C)C2)nn1. The third-order valence-electron chi connectivity index (χ3n) is 2.78. The number of carbonyl (C=O) groups excluding carboxylic acids is 1. The number of nitrogens with one attached hydrogen (secondary N) is 1. The molecule has 1 aromatic heterocycles. The topological polar surface area (TPSA) is 58.1 Å². The first-order chi connectivity index (χ1) is 7.65. The molecule has 1 N–H and O–H groups in total. The molecule has 0 saturated carbocycles. The summed E-state index contributed by atoms with van der Waals surface area (Å²) in [5, 5.41) is 11.3. The Morgan fingerprint density at radius 2 is 2.25 bits per heavy atom. The Morgan fingerprint density at radius 3 is 2.88 bits per heavy atom. The number of aromatic nitrogens is 2. The van der Waals surface area contributed by atoms with Crippen LogP contribution in [0.1, 0.15) is 18.5 Å². The molecule has 1 amide bonds. The molecule has 0 aliphatic carbocycles. The molecule has 5 nitrogen and oxygen atoms in total. The van der Waals surface area contributed by atoms with E-state index in [4.69, 9.17) is 0 Å². The summed E-state index contributed by atoms with van der Waals surface area (Å²) in [4.78, 5) is 13.1. The summed E-state index contributed by atoms with van der Waals surface area (Å²) in [6.07, 6.45) is 1.46. The minimum Gasteiger partial charge on any atom is -0.364 e. The van der Waals surface area contributed by atoms with Crippen molar-refractivity contribution >= 4 is 11.7 Å². The molecule has 0 aromatic carbocycles. The highest BCUT2D eigenvalue weighted by Gasteiger charge is 2.22. The molecule has 1 unspecified atom stereocenters. The molecule has 2 heterocycles. The van der Waals surface area contributed by atoms with Crippen LogP contribution in [-0.2, 0) is 4.79 Å². The van der Waals surface area contributed by atoms with Gasteiger partial charge in [0.15, 0.2) is 0 Å². The summed E-state index contributed by atoms with van der Waals surface area (Å²) in [6.45, 7) is 2.64. The molecule has 1 atom stereocenters. The molecule has 16 heavy (non-hydrogen) atoms. The Labute approximate surface area is 94.9 Å². The third-order valence-corrected chi connectivity index (χ3v) is 2.78. The number of carbonyl (C=O) groups is 1. The standard InChI is InChI=1S/C11H16N4O/c1-8-3-5-10(14-13-8)12-9-4-6-11(16)15(2)7-9/h3,5,9H,4,6-7H2,1-2H3,(H,12,14). The molecule has 1 aliphatic rings. The molecule has 2 rings (SSSR count). The monoisotopic (exact) mass is 220 g/mol. The maximum Gasteiger partial charge on any atom is 0.222 e. The van der Waals surface area contributed by atoms with Gasteiger partial charge in [0.25, 0.3) is 0 Å². The molecule has 0 radical (unpaired) electrons. The van der Waals surface area contributed by atoms with Crippen molar-refractivity contribution in [3.63, 3.8) is 0 Å². The molecule has 1 aromatic rings. The number of nitrogens with zero attached hydrogens (tertiary/aromatic N) is 3. The van der Waals surface area contributed by atoms with Crippen molar-refractivity contribution in [2.75, 3.05) is 18.9 Å². The van der Waals surface area contributed by atoms with Crippen LogP contribution < -0.4 is 5.32 Å². The van der Waals surface area contributed by atoms with Crippen molar-refractivity contribution in [1.82, 2.24) is 15.1 Å². The lowest BCUT2D eigenvalue weighted by atomic mass is 10.1. The Bertz CT molecular complexity index is 376. The molecular weight excluding hydrogens is 204 g/mol. The molecule has 86 valence electrons. The predicted octanol–water partition coefficient (Wildman–Crippen LogP) is 0.818. The summed E-state index contributed by atoms with van der Waals surface area (Å²) in [7, 11) is 1.83. The highest BCUT2D eigenvalue weighted by Crippen LogP contribution is 2.13. The molecule has 5 heteroatoms. The van der Waals surface area contributed by atoms with Gasteiger partial charge < -0.3 is 10.2 Å². The fourth-order valence-corrected chi connectivity index (χ4v) is 1.82. The largest absolute Gasteiger partial charge is 0.364 e. The van der Waals surface area contributed by atoms with Crippen molar-refractivity contribution < 1.29 is 4.79 Å². The van der Waals surface area contributed by atoms with Crippen LogP contribution in [0, 0.1) is 6.92 Å². The van der Waals surface area contributed by atoms with E-state index in [9.17, 15) is 4.79 Å². The van der Waals surface area contributed by atoms with Gasteiger partial charge in [-0.1, -0.05) is 0 Å². The van der Waals surface area contributed by atoms with Crippen LogP contribution in [0.2, 0.25) is 0 Å². The van der Waals surface area contributed by atoms with Gasteiger partial charge in [-0.15, -0.1) is 5.10 Å². The number of likely N-dealkylation sites (N-methyl/N-ethyl adjacent to an activating group) is 1.